The molecule has 0 fully saturated rings. The summed E-state index contributed by atoms with van der Waals surface area (Å²) in [5.74, 6) is 3.00. The van der Waals surface area contributed by atoms with Gasteiger partial charge in [0.15, 0.2) is 0 Å². The van der Waals surface area contributed by atoms with Crippen LogP contribution in [0.25, 0.3) is 0 Å². The van der Waals surface area contributed by atoms with Crippen molar-refractivity contribution in [2.45, 2.75) is 0 Å². The van der Waals surface area contributed by atoms with Crippen molar-refractivity contribution in [2.24, 2.45) is 5.84 Å². The van der Waals surface area contributed by atoms with Gasteiger partial charge in [0.25, 0.3) is 5.91 Å². The number of hydrogen-bond acceptors (Lipinski definition) is 4. The van der Waals surface area contributed by atoms with E-state index in [-0.39, 0.29) is 5.56 Å². The van der Waals surface area contributed by atoms with E-state index in [2.05, 4.69) is 4.98 Å². The van der Waals surface area contributed by atoms with Gasteiger partial charge in [-0.3, -0.25) is 15.0 Å². The van der Waals surface area contributed by atoms with E-state index in [4.69, 9.17) is 5.84 Å². The first-order chi connectivity index (χ1) is 6.20. The topological polar surface area (TPSA) is 85.1 Å². The molecule has 0 bridgehead atoms. The van der Waals surface area contributed by atoms with Gasteiger partial charge in [-0.25, -0.2) is 10.8 Å². The van der Waals surface area contributed by atoms with Crippen LogP contribution in [0.1, 0.15) is 15.9 Å². The number of nitrogens with zero attached hydrogens (tertiary/aromatic N) is 1. The average molecular weight is 182 g/mol. The molecule has 0 unspecified atom stereocenters. The summed E-state index contributed by atoms with van der Waals surface area (Å²) in [5.41, 5.74) is 1.06. The van der Waals surface area contributed by atoms with Gasteiger partial charge in [-0.2, -0.15) is 4.39 Å². The molecule has 1 rings (SSSR count). The minimum absolute atomic E-state index is 0.190. The molecule has 0 atom stereocenters. The predicted octanol–water partition coefficient (Wildman–Crippen LogP) is -0.718. The molecule has 0 saturated heterocycles. The van der Waals surface area contributed by atoms with E-state index < -0.39 is 17.4 Å². The van der Waals surface area contributed by atoms with Crippen LogP contribution in [0.15, 0.2) is 12.3 Å². The first-order valence-electron chi connectivity index (χ1n) is 3.24. The lowest BCUT2D eigenvalue weighted by molar-refractivity contribution is 0.0952. The van der Waals surface area contributed by atoms with Crippen molar-refractivity contribution in [3.63, 3.8) is 0 Å². The lowest BCUT2D eigenvalue weighted by Gasteiger charge is -2.01. The van der Waals surface area contributed by atoms with Gasteiger partial charge >= 0.3 is 0 Å². The molecule has 67 valence electrons. The van der Waals surface area contributed by atoms with Gasteiger partial charge in [-0.15, -0.1) is 0 Å². The maximum absolute atomic E-state index is 12.8. The molecule has 0 aliphatic rings. The Kier molecular flexibility index (Phi) is 2.65. The maximum Gasteiger partial charge on any atom is 0.266 e. The van der Waals surface area contributed by atoms with Crippen molar-refractivity contribution in [1.82, 2.24) is 10.4 Å². The Morgan fingerprint density at radius 2 is 2.38 bits per heavy atom. The highest BCUT2D eigenvalue weighted by Gasteiger charge is 2.14. The first-order valence-corrected chi connectivity index (χ1v) is 3.24. The quantitative estimate of drug-likeness (QED) is 0.273. The zero-order chi connectivity index (χ0) is 9.84. The largest absolute Gasteiger partial charge is 0.290 e. The zero-order valence-electron chi connectivity index (χ0n) is 6.37. The van der Waals surface area contributed by atoms with Crippen molar-refractivity contribution >= 4 is 12.2 Å². The Morgan fingerprint density at radius 3 is 2.92 bits per heavy atom. The highest BCUT2D eigenvalue weighted by atomic mass is 19.1. The van der Waals surface area contributed by atoms with Crippen molar-refractivity contribution in [3.05, 3.63) is 29.3 Å². The minimum atomic E-state index is -1.05. The van der Waals surface area contributed by atoms with E-state index in [9.17, 15) is 14.0 Å². The number of carbonyl (C=O) groups is 1. The molecule has 1 heterocycles. The highest BCUT2D eigenvalue weighted by molar-refractivity contribution is 6.01. The summed E-state index contributed by atoms with van der Waals surface area (Å²) in [4.78, 5) is 24.4. The standard InChI is InChI=1S/C7H5FN3O2/c8-6-5(3-12)4(1-2-10-6)7(13)11-9/h1-2H,9H2,(H,11,13). The number of aromatic nitrogens is 1. The summed E-state index contributed by atoms with van der Waals surface area (Å²) < 4.78 is 12.8. The molecule has 3 N–H and O–H groups in total. The van der Waals surface area contributed by atoms with E-state index in [1.54, 1.807) is 5.43 Å². The normalized spacial score (nSPS) is 9.38. The molecule has 1 amide bonds. The van der Waals surface area contributed by atoms with E-state index in [1.807, 2.05) is 0 Å². The molecule has 1 radical (unpaired) electrons. The molecule has 0 aliphatic carbocycles. The molecule has 1 aromatic rings. The Labute approximate surface area is 72.7 Å². The lowest BCUT2D eigenvalue weighted by atomic mass is 10.1. The lowest BCUT2D eigenvalue weighted by Crippen LogP contribution is -2.31. The molecular weight excluding hydrogens is 177 g/mol. The Morgan fingerprint density at radius 1 is 1.69 bits per heavy atom. The predicted molar refractivity (Wildman–Crippen MR) is 40.6 cm³/mol. The van der Waals surface area contributed by atoms with Crippen LogP contribution >= 0.6 is 0 Å². The number of rotatable bonds is 2. The molecule has 0 saturated carbocycles. The van der Waals surface area contributed by atoms with Crippen molar-refractivity contribution < 1.29 is 14.0 Å². The van der Waals surface area contributed by atoms with Crippen molar-refractivity contribution in [3.8, 4) is 0 Å². The van der Waals surface area contributed by atoms with Crippen molar-refractivity contribution in [2.75, 3.05) is 0 Å². The number of carbonyl (C=O) groups excluding carboxylic acids is 2. The molecule has 1 aromatic heterocycles. The molecule has 0 spiro atoms. The van der Waals surface area contributed by atoms with Crippen LogP contribution in [0.2, 0.25) is 0 Å². The summed E-state index contributed by atoms with van der Waals surface area (Å²) in [7, 11) is 0. The second kappa shape index (κ2) is 3.72. The molecule has 0 aliphatic heterocycles. The summed E-state index contributed by atoms with van der Waals surface area (Å²) in [6, 6.07) is 1.17. The number of halogens is 1. The minimum Gasteiger partial charge on any atom is -0.290 e. The number of pyridine rings is 1. The van der Waals surface area contributed by atoms with Crippen LogP contribution < -0.4 is 11.3 Å². The van der Waals surface area contributed by atoms with Gasteiger partial charge < -0.3 is 0 Å². The van der Waals surface area contributed by atoms with Gasteiger partial charge in [0.05, 0.1) is 11.1 Å². The number of nitrogens with one attached hydrogen (secondary N) is 1. The number of nitrogens with two attached hydrogens (primary N) is 1. The van der Waals surface area contributed by atoms with E-state index in [0.29, 0.717) is 0 Å². The van der Waals surface area contributed by atoms with Crippen LogP contribution in [0.4, 0.5) is 4.39 Å². The SMILES string of the molecule is NNC(=O)c1ccnc(F)c1[C]=O. The van der Waals surface area contributed by atoms with Gasteiger partial charge in [0.2, 0.25) is 12.2 Å². The number of nitrogen functional groups attached to an aromatic ring is 1. The van der Waals surface area contributed by atoms with Crippen LogP contribution in [0.5, 0.6) is 0 Å². The third-order valence-corrected chi connectivity index (χ3v) is 1.38. The second-order valence-corrected chi connectivity index (χ2v) is 2.10. The molecule has 0 aromatic carbocycles. The molecule has 13 heavy (non-hydrogen) atoms. The first kappa shape index (κ1) is 9.27. The summed E-state index contributed by atoms with van der Waals surface area (Å²) in [6.45, 7) is 0. The van der Waals surface area contributed by atoms with E-state index in [0.717, 1.165) is 6.20 Å². The number of amides is 1. The van der Waals surface area contributed by atoms with Crippen LogP contribution in [0.3, 0.4) is 0 Å². The summed E-state index contributed by atoms with van der Waals surface area (Å²) >= 11 is 0. The fourth-order valence-corrected chi connectivity index (χ4v) is 0.800. The Balaban J connectivity index is 3.28. The highest BCUT2D eigenvalue weighted by Crippen LogP contribution is 2.07. The van der Waals surface area contributed by atoms with Gasteiger partial charge in [0, 0.05) is 6.20 Å². The fraction of sp³-hybridized carbons (Fsp3) is 0. The molecular formula is C7H5FN3O2. The van der Waals surface area contributed by atoms with Gasteiger partial charge in [-0.1, -0.05) is 0 Å². The second-order valence-electron chi connectivity index (χ2n) is 2.10. The summed E-state index contributed by atoms with van der Waals surface area (Å²) in [5, 5.41) is 0. The smallest absolute Gasteiger partial charge is 0.266 e. The van der Waals surface area contributed by atoms with Crippen LogP contribution in [0, 0.1) is 5.95 Å². The third-order valence-electron chi connectivity index (χ3n) is 1.38. The third kappa shape index (κ3) is 1.67. The average Bonchev–Trinajstić information content (AvgIpc) is 2.16. The number of hydrazine groups is 1. The summed E-state index contributed by atoms with van der Waals surface area (Å²) in [6.07, 6.45) is 2.33. The number of hydrogen-bond donors (Lipinski definition) is 2. The van der Waals surface area contributed by atoms with Crippen molar-refractivity contribution in [1.29, 1.82) is 0 Å². The fourth-order valence-electron chi connectivity index (χ4n) is 0.800. The van der Waals surface area contributed by atoms with E-state index in [1.165, 1.54) is 12.4 Å². The monoisotopic (exact) mass is 182 g/mol. The molecule has 6 heteroatoms. The van der Waals surface area contributed by atoms with Crippen LogP contribution in [-0.2, 0) is 4.79 Å². The molecule has 5 nitrogen and oxygen atoms in total. The van der Waals surface area contributed by atoms with Gasteiger partial charge in [-0.05, 0) is 6.07 Å². The van der Waals surface area contributed by atoms with E-state index >= 15 is 0 Å². The zero-order valence-corrected chi connectivity index (χ0v) is 6.37. The maximum atomic E-state index is 12.8. The Bertz CT molecular complexity index is 354. The Hall–Kier alpha value is -1.82. The van der Waals surface area contributed by atoms with Crippen LogP contribution in [-0.4, -0.2) is 17.2 Å². The van der Waals surface area contributed by atoms with Gasteiger partial charge in [0.1, 0.15) is 0 Å².